The van der Waals surface area contributed by atoms with Gasteiger partial charge in [0.1, 0.15) is 4.87 Å². The molecule has 0 amide bonds. The van der Waals surface area contributed by atoms with Crippen LogP contribution in [0, 0.1) is 11.3 Å². The Morgan fingerprint density at radius 2 is 1.77 bits per heavy atom. The molecular weight excluding hydrogens is 188 g/mol. The summed E-state index contributed by atoms with van der Waals surface area (Å²) in [5, 5.41) is 9.09. The van der Waals surface area contributed by atoms with Gasteiger partial charge in [-0.05, 0) is 17.8 Å². The summed E-state index contributed by atoms with van der Waals surface area (Å²) in [6, 6.07) is 0. The maximum Gasteiger partial charge on any atom is 0.325 e. The number of hydrogen-bond acceptors (Lipinski definition) is 1. The van der Waals surface area contributed by atoms with Crippen molar-refractivity contribution in [2.75, 3.05) is 0 Å². The zero-order chi connectivity index (χ0) is 10.9. The summed E-state index contributed by atoms with van der Waals surface area (Å²) in [5.41, 5.74) is -0.426. The smallest absolute Gasteiger partial charge is 0.325 e. The highest BCUT2D eigenvalue weighted by molar-refractivity contribution is 6.34. The maximum atomic E-state index is 11.1. The number of rotatable bonds is 3. The van der Waals surface area contributed by atoms with Gasteiger partial charge in [-0.3, -0.25) is 4.79 Å². The lowest BCUT2D eigenvalue weighted by atomic mass is 9.75. The van der Waals surface area contributed by atoms with Gasteiger partial charge < -0.3 is 5.11 Å². The second-order valence-electron chi connectivity index (χ2n) is 4.95. The molecule has 0 aromatic carbocycles. The van der Waals surface area contributed by atoms with Crippen LogP contribution in [0.1, 0.15) is 41.0 Å². The van der Waals surface area contributed by atoms with Gasteiger partial charge >= 0.3 is 5.97 Å². The lowest BCUT2D eigenvalue weighted by Crippen LogP contribution is -2.45. The summed E-state index contributed by atoms with van der Waals surface area (Å²) >= 11 is 6.15. The van der Waals surface area contributed by atoms with Crippen LogP contribution in [0.2, 0.25) is 0 Å². The third-order valence-corrected chi connectivity index (χ3v) is 3.10. The summed E-state index contributed by atoms with van der Waals surface area (Å²) in [6.45, 7) is 9.53. The molecule has 1 atom stereocenters. The van der Waals surface area contributed by atoms with E-state index < -0.39 is 16.3 Å². The first kappa shape index (κ1) is 12.8. The van der Waals surface area contributed by atoms with Crippen LogP contribution in [0.3, 0.4) is 0 Å². The average molecular weight is 207 g/mol. The van der Waals surface area contributed by atoms with E-state index in [0.29, 0.717) is 6.42 Å². The van der Waals surface area contributed by atoms with Crippen molar-refractivity contribution in [3.8, 4) is 0 Å². The van der Waals surface area contributed by atoms with E-state index in [2.05, 4.69) is 0 Å². The lowest BCUT2D eigenvalue weighted by Gasteiger charge is -2.36. The summed E-state index contributed by atoms with van der Waals surface area (Å²) in [7, 11) is 0. The summed E-state index contributed by atoms with van der Waals surface area (Å²) < 4.78 is 0. The topological polar surface area (TPSA) is 37.3 Å². The van der Waals surface area contributed by atoms with Crippen molar-refractivity contribution < 1.29 is 9.90 Å². The van der Waals surface area contributed by atoms with E-state index in [-0.39, 0.29) is 5.92 Å². The molecule has 0 radical (unpaired) electrons. The van der Waals surface area contributed by atoms with Crippen molar-refractivity contribution in [3.05, 3.63) is 0 Å². The molecule has 0 aliphatic carbocycles. The van der Waals surface area contributed by atoms with E-state index >= 15 is 0 Å². The van der Waals surface area contributed by atoms with Crippen LogP contribution < -0.4 is 0 Å². The number of aliphatic carboxylic acids is 1. The quantitative estimate of drug-likeness (QED) is 0.721. The van der Waals surface area contributed by atoms with Gasteiger partial charge in [0.15, 0.2) is 0 Å². The van der Waals surface area contributed by atoms with Crippen LogP contribution in [0.25, 0.3) is 0 Å². The number of halogens is 1. The van der Waals surface area contributed by atoms with E-state index in [0.717, 1.165) is 0 Å². The lowest BCUT2D eigenvalue weighted by molar-refractivity contribution is -0.144. The van der Waals surface area contributed by atoms with Crippen molar-refractivity contribution >= 4 is 17.6 Å². The molecular formula is C10H19ClO2. The standard InChI is InChI=1S/C10H19ClO2/c1-7(2)6-10(11,8(12)13)9(3,4)5/h7H,6H2,1-5H3,(H,12,13). The van der Waals surface area contributed by atoms with Gasteiger partial charge in [-0.2, -0.15) is 0 Å². The monoisotopic (exact) mass is 206 g/mol. The predicted octanol–water partition coefficient (Wildman–Crippen LogP) is 3.14. The van der Waals surface area contributed by atoms with E-state index in [1.807, 2.05) is 34.6 Å². The third kappa shape index (κ3) is 2.87. The Bertz CT molecular complexity index is 194. The van der Waals surface area contributed by atoms with Gasteiger partial charge in [0, 0.05) is 0 Å². The minimum Gasteiger partial charge on any atom is -0.480 e. The van der Waals surface area contributed by atoms with Crippen molar-refractivity contribution in [2.45, 2.75) is 45.9 Å². The van der Waals surface area contributed by atoms with Gasteiger partial charge in [0.05, 0.1) is 0 Å². The molecule has 0 spiro atoms. The number of alkyl halides is 1. The number of hydrogen-bond donors (Lipinski definition) is 1. The Hall–Kier alpha value is -0.240. The molecule has 0 heterocycles. The molecule has 2 nitrogen and oxygen atoms in total. The van der Waals surface area contributed by atoms with Gasteiger partial charge in [-0.25, -0.2) is 0 Å². The molecule has 0 saturated carbocycles. The number of carboxylic acid groups (broad SMARTS) is 1. The van der Waals surface area contributed by atoms with Gasteiger partial charge in [0.2, 0.25) is 0 Å². The molecule has 0 aliphatic rings. The second kappa shape index (κ2) is 3.87. The normalized spacial score (nSPS) is 17.2. The first-order valence-corrected chi connectivity index (χ1v) is 4.91. The predicted molar refractivity (Wildman–Crippen MR) is 55.1 cm³/mol. The fourth-order valence-electron chi connectivity index (χ4n) is 1.28. The first-order chi connectivity index (χ1) is 5.61. The van der Waals surface area contributed by atoms with Gasteiger partial charge in [0.25, 0.3) is 0 Å². The van der Waals surface area contributed by atoms with Crippen LogP contribution in [-0.4, -0.2) is 16.0 Å². The molecule has 0 aromatic rings. The third-order valence-electron chi connectivity index (χ3n) is 2.22. The molecule has 1 unspecified atom stereocenters. The summed E-state index contributed by atoms with van der Waals surface area (Å²) in [5.74, 6) is -0.636. The Balaban J connectivity index is 4.85. The second-order valence-corrected chi connectivity index (χ2v) is 5.60. The molecule has 78 valence electrons. The SMILES string of the molecule is CC(C)CC(Cl)(C(=O)O)C(C)(C)C. The zero-order valence-electron chi connectivity index (χ0n) is 9.02. The van der Waals surface area contributed by atoms with Crippen LogP contribution in [0.4, 0.5) is 0 Å². The van der Waals surface area contributed by atoms with E-state index in [1.165, 1.54) is 0 Å². The molecule has 1 N–H and O–H groups in total. The van der Waals surface area contributed by atoms with E-state index in [1.54, 1.807) is 0 Å². The molecule has 0 saturated heterocycles. The van der Waals surface area contributed by atoms with Crippen LogP contribution in [-0.2, 0) is 4.79 Å². The van der Waals surface area contributed by atoms with Crippen molar-refractivity contribution in [1.29, 1.82) is 0 Å². The minimum absolute atomic E-state index is 0.285. The Morgan fingerprint density at radius 1 is 1.38 bits per heavy atom. The minimum atomic E-state index is -1.15. The molecule has 0 aromatic heterocycles. The van der Waals surface area contributed by atoms with Crippen molar-refractivity contribution in [1.82, 2.24) is 0 Å². The summed E-state index contributed by atoms with van der Waals surface area (Å²) in [6.07, 6.45) is 0.493. The zero-order valence-corrected chi connectivity index (χ0v) is 9.77. The maximum absolute atomic E-state index is 11.1. The molecule has 0 aliphatic heterocycles. The van der Waals surface area contributed by atoms with Crippen LogP contribution in [0.5, 0.6) is 0 Å². The van der Waals surface area contributed by atoms with Gasteiger partial charge in [-0.1, -0.05) is 34.6 Å². The Morgan fingerprint density at radius 3 is 1.85 bits per heavy atom. The highest BCUT2D eigenvalue weighted by atomic mass is 35.5. The molecule has 13 heavy (non-hydrogen) atoms. The van der Waals surface area contributed by atoms with Gasteiger partial charge in [-0.15, -0.1) is 11.6 Å². The summed E-state index contributed by atoms with van der Waals surface area (Å²) in [4.78, 5) is 9.92. The largest absolute Gasteiger partial charge is 0.480 e. The van der Waals surface area contributed by atoms with Crippen LogP contribution >= 0.6 is 11.6 Å². The number of carboxylic acids is 1. The Labute approximate surface area is 85.3 Å². The van der Waals surface area contributed by atoms with Crippen LogP contribution in [0.15, 0.2) is 0 Å². The van der Waals surface area contributed by atoms with E-state index in [4.69, 9.17) is 16.7 Å². The van der Waals surface area contributed by atoms with E-state index in [9.17, 15) is 4.79 Å². The highest BCUT2D eigenvalue weighted by Crippen LogP contribution is 2.41. The molecule has 0 fully saturated rings. The number of carbonyl (C=O) groups is 1. The fourth-order valence-corrected chi connectivity index (χ4v) is 1.59. The first-order valence-electron chi connectivity index (χ1n) is 4.53. The van der Waals surface area contributed by atoms with Crippen molar-refractivity contribution in [2.24, 2.45) is 11.3 Å². The molecule has 0 rings (SSSR count). The Kier molecular flexibility index (Phi) is 3.80. The van der Waals surface area contributed by atoms with Crippen molar-refractivity contribution in [3.63, 3.8) is 0 Å². The molecule has 0 bridgehead atoms. The molecule has 3 heteroatoms. The fraction of sp³-hybridized carbons (Fsp3) is 0.900. The highest BCUT2D eigenvalue weighted by Gasteiger charge is 2.47. The average Bonchev–Trinajstić information content (AvgIpc) is 1.82.